The zero-order valence-electron chi connectivity index (χ0n) is 11.4. The van der Waals surface area contributed by atoms with E-state index in [0.717, 1.165) is 37.4 Å². The van der Waals surface area contributed by atoms with Gasteiger partial charge in [0.2, 0.25) is 0 Å². The Bertz CT molecular complexity index is 360. The van der Waals surface area contributed by atoms with Gasteiger partial charge in [0.25, 0.3) is 0 Å². The average molecular weight is 236 g/mol. The third-order valence-corrected chi connectivity index (χ3v) is 2.97. The molecule has 4 nitrogen and oxygen atoms in total. The molecule has 4 heteroatoms. The van der Waals surface area contributed by atoms with E-state index in [-0.39, 0.29) is 5.41 Å². The molecule has 1 rings (SSSR count). The van der Waals surface area contributed by atoms with Crippen LogP contribution in [0.2, 0.25) is 0 Å². The molecule has 1 aromatic heterocycles. The molecule has 0 saturated carbocycles. The number of aryl methyl sites for hydroxylation is 1. The number of nitrogens with two attached hydrogens (primary N) is 1. The Kier molecular flexibility index (Phi) is 4.73. The van der Waals surface area contributed by atoms with Crippen molar-refractivity contribution in [2.24, 2.45) is 5.41 Å². The highest BCUT2D eigenvalue weighted by atomic mass is 15.0. The van der Waals surface area contributed by atoms with Crippen LogP contribution in [-0.2, 0) is 6.42 Å². The first-order chi connectivity index (χ1) is 7.96. The lowest BCUT2D eigenvalue weighted by Gasteiger charge is -2.23. The van der Waals surface area contributed by atoms with Crippen LogP contribution in [0, 0.1) is 5.41 Å². The van der Waals surface area contributed by atoms with Crippen molar-refractivity contribution in [3.8, 4) is 0 Å². The molecule has 1 aromatic rings. The fourth-order valence-electron chi connectivity index (χ4n) is 1.40. The smallest absolute Gasteiger partial charge is 0.133 e. The average Bonchev–Trinajstić information content (AvgIpc) is 2.26. The zero-order valence-corrected chi connectivity index (χ0v) is 11.4. The third kappa shape index (κ3) is 4.59. The van der Waals surface area contributed by atoms with Gasteiger partial charge in [-0.15, -0.1) is 0 Å². The number of anilines is 2. The van der Waals surface area contributed by atoms with Crippen molar-refractivity contribution >= 4 is 11.6 Å². The van der Waals surface area contributed by atoms with Gasteiger partial charge in [-0.2, -0.15) is 0 Å². The molecule has 0 unspecified atom stereocenters. The van der Waals surface area contributed by atoms with E-state index in [1.165, 1.54) is 0 Å². The van der Waals surface area contributed by atoms with Gasteiger partial charge >= 0.3 is 0 Å². The Morgan fingerprint density at radius 3 is 2.59 bits per heavy atom. The maximum absolute atomic E-state index is 5.77. The fraction of sp³-hybridized carbons (Fsp3) is 0.692. The van der Waals surface area contributed by atoms with Crippen molar-refractivity contribution in [2.75, 3.05) is 17.6 Å². The topological polar surface area (TPSA) is 63.8 Å². The minimum Gasteiger partial charge on any atom is -0.384 e. The van der Waals surface area contributed by atoms with E-state index < -0.39 is 0 Å². The number of hydrogen-bond acceptors (Lipinski definition) is 4. The van der Waals surface area contributed by atoms with Crippen LogP contribution in [0.25, 0.3) is 0 Å². The molecule has 0 atom stereocenters. The molecule has 0 radical (unpaired) electrons. The molecule has 0 aromatic carbocycles. The molecular weight excluding hydrogens is 212 g/mol. The highest BCUT2D eigenvalue weighted by Crippen LogP contribution is 2.20. The third-order valence-electron chi connectivity index (χ3n) is 2.97. The summed E-state index contributed by atoms with van der Waals surface area (Å²) in [5, 5.41) is 3.34. The minimum absolute atomic E-state index is 0.268. The number of nitrogens with zero attached hydrogens (tertiary/aromatic N) is 2. The van der Waals surface area contributed by atoms with Crippen molar-refractivity contribution in [3.05, 3.63) is 11.9 Å². The molecule has 0 amide bonds. The molecule has 1 heterocycles. The predicted molar refractivity (Wildman–Crippen MR) is 73.0 cm³/mol. The summed E-state index contributed by atoms with van der Waals surface area (Å²) in [7, 11) is 0. The Hall–Kier alpha value is -1.32. The number of rotatable bonds is 6. The van der Waals surface area contributed by atoms with Gasteiger partial charge < -0.3 is 11.1 Å². The van der Waals surface area contributed by atoms with Crippen LogP contribution < -0.4 is 11.1 Å². The molecule has 0 saturated heterocycles. The summed E-state index contributed by atoms with van der Waals surface area (Å²) in [4.78, 5) is 8.67. The molecule has 96 valence electrons. The Morgan fingerprint density at radius 2 is 2.00 bits per heavy atom. The number of nitrogen functional groups attached to an aromatic ring is 1. The van der Waals surface area contributed by atoms with Gasteiger partial charge in [-0.1, -0.05) is 27.7 Å². The molecular formula is C13H24N4. The number of hydrogen-bond donors (Lipinski definition) is 2. The Balaban J connectivity index is 2.70. The number of nitrogens with one attached hydrogen (secondary N) is 1. The molecule has 0 aliphatic heterocycles. The van der Waals surface area contributed by atoms with E-state index in [4.69, 9.17) is 5.73 Å². The van der Waals surface area contributed by atoms with Crippen LogP contribution in [0.4, 0.5) is 11.6 Å². The summed E-state index contributed by atoms with van der Waals surface area (Å²) in [6.45, 7) is 9.67. The van der Waals surface area contributed by atoms with Crippen LogP contribution >= 0.6 is 0 Å². The highest BCUT2D eigenvalue weighted by molar-refractivity contribution is 5.44. The SMILES string of the molecule is CCCc1nc(N)cc(NCC(C)(C)CC)n1. The van der Waals surface area contributed by atoms with Crippen molar-refractivity contribution in [2.45, 2.75) is 47.0 Å². The summed E-state index contributed by atoms with van der Waals surface area (Å²) >= 11 is 0. The second-order valence-corrected chi connectivity index (χ2v) is 5.22. The van der Waals surface area contributed by atoms with E-state index in [0.29, 0.717) is 5.82 Å². The summed E-state index contributed by atoms with van der Waals surface area (Å²) in [6, 6.07) is 1.80. The van der Waals surface area contributed by atoms with E-state index in [1.54, 1.807) is 6.07 Å². The van der Waals surface area contributed by atoms with Gasteiger partial charge in [-0.25, -0.2) is 9.97 Å². The Morgan fingerprint density at radius 1 is 1.29 bits per heavy atom. The van der Waals surface area contributed by atoms with E-state index >= 15 is 0 Å². The van der Waals surface area contributed by atoms with Crippen molar-refractivity contribution < 1.29 is 0 Å². The van der Waals surface area contributed by atoms with Gasteiger partial charge in [0, 0.05) is 19.0 Å². The normalized spacial score (nSPS) is 11.5. The van der Waals surface area contributed by atoms with Gasteiger partial charge in [0.1, 0.15) is 17.5 Å². The van der Waals surface area contributed by atoms with E-state index in [9.17, 15) is 0 Å². The molecule has 3 N–H and O–H groups in total. The second-order valence-electron chi connectivity index (χ2n) is 5.22. The Labute approximate surface area is 104 Å². The quantitative estimate of drug-likeness (QED) is 0.797. The zero-order chi connectivity index (χ0) is 12.9. The van der Waals surface area contributed by atoms with Crippen LogP contribution in [0.1, 0.15) is 46.4 Å². The minimum atomic E-state index is 0.268. The lowest BCUT2D eigenvalue weighted by atomic mass is 9.90. The lowest BCUT2D eigenvalue weighted by molar-refractivity contribution is 0.376. The lowest BCUT2D eigenvalue weighted by Crippen LogP contribution is -2.22. The molecule has 0 fully saturated rings. The molecule has 0 bridgehead atoms. The second kappa shape index (κ2) is 5.84. The standard InChI is InChI=1S/C13H24N4/c1-5-7-11-16-10(14)8-12(17-11)15-9-13(3,4)6-2/h8H,5-7,9H2,1-4H3,(H3,14,15,16,17). The van der Waals surface area contributed by atoms with Crippen molar-refractivity contribution in [3.63, 3.8) is 0 Å². The van der Waals surface area contributed by atoms with Crippen LogP contribution in [0.5, 0.6) is 0 Å². The van der Waals surface area contributed by atoms with Gasteiger partial charge in [0.05, 0.1) is 0 Å². The van der Waals surface area contributed by atoms with Crippen LogP contribution in [0.15, 0.2) is 6.07 Å². The summed E-state index contributed by atoms with van der Waals surface area (Å²) in [5.41, 5.74) is 6.04. The monoisotopic (exact) mass is 236 g/mol. The summed E-state index contributed by atoms with van der Waals surface area (Å²) in [6.07, 6.45) is 3.03. The van der Waals surface area contributed by atoms with Crippen molar-refractivity contribution in [1.29, 1.82) is 0 Å². The maximum Gasteiger partial charge on any atom is 0.133 e. The van der Waals surface area contributed by atoms with Crippen LogP contribution in [0.3, 0.4) is 0 Å². The van der Waals surface area contributed by atoms with Gasteiger partial charge in [-0.3, -0.25) is 0 Å². The van der Waals surface area contributed by atoms with Gasteiger partial charge in [0.15, 0.2) is 0 Å². The van der Waals surface area contributed by atoms with E-state index in [2.05, 4.69) is 43.0 Å². The molecule has 17 heavy (non-hydrogen) atoms. The first-order valence-electron chi connectivity index (χ1n) is 6.34. The molecule has 0 aliphatic rings. The molecule has 0 aliphatic carbocycles. The first-order valence-corrected chi connectivity index (χ1v) is 6.34. The summed E-state index contributed by atoms with van der Waals surface area (Å²) in [5.74, 6) is 2.20. The largest absolute Gasteiger partial charge is 0.384 e. The summed E-state index contributed by atoms with van der Waals surface area (Å²) < 4.78 is 0. The highest BCUT2D eigenvalue weighted by Gasteiger charge is 2.15. The fourth-order valence-corrected chi connectivity index (χ4v) is 1.40. The predicted octanol–water partition coefficient (Wildman–Crippen LogP) is 2.86. The van der Waals surface area contributed by atoms with Crippen LogP contribution in [-0.4, -0.2) is 16.5 Å². The van der Waals surface area contributed by atoms with E-state index in [1.807, 2.05) is 0 Å². The van der Waals surface area contributed by atoms with Gasteiger partial charge in [-0.05, 0) is 18.3 Å². The van der Waals surface area contributed by atoms with Crippen molar-refractivity contribution in [1.82, 2.24) is 9.97 Å². The number of aromatic nitrogens is 2. The first kappa shape index (κ1) is 13.7. The molecule has 0 spiro atoms. The maximum atomic E-state index is 5.77.